The number of sulfonamides is 1. The second-order valence-electron chi connectivity index (χ2n) is 5.43. The lowest BCUT2D eigenvalue weighted by molar-refractivity contribution is -0.143. The largest absolute Gasteiger partial charge is 0.466 e. The van der Waals surface area contributed by atoms with Crippen molar-refractivity contribution in [3.8, 4) is 0 Å². The van der Waals surface area contributed by atoms with Crippen LogP contribution >= 0.6 is 0 Å². The molecule has 0 aliphatic heterocycles. The summed E-state index contributed by atoms with van der Waals surface area (Å²) in [4.78, 5) is 15.7. The van der Waals surface area contributed by atoms with Crippen LogP contribution in [0.25, 0.3) is 5.65 Å². The average molecular weight is 337 g/mol. The van der Waals surface area contributed by atoms with Crippen molar-refractivity contribution >= 4 is 21.6 Å². The van der Waals surface area contributed by atoms with Gasteiger partial charge in [0.25, 0.3) is 10.0 Å². The fourth-order valence-electron chi connectivity index (χ4n) is 2.52. The number of ether oxygens (including phenoxy) is 1. The predicted molar refractivity (Wildman–Crippen MR) is 83.4 cm³/mol. The summed E-state index contributed by atoms with van der Waals surface area (Å²) in [6.45, 7) is 2.15. The van der Waals surface area contributed by atoms with Gasteiger partial charge in [-0.2, -0.15) is 4.31 Å². The van der Waals surface area contributed by atoms with E-state index in [0.29, 0.717) is 12.3 Å². The van der Waals surface area contributed by atoms with Crippen molar-refractivity contribution in [2.24, 2.45) is 0 Å². The lowest BCUT2D eigenvalue weighted by Crippen LogP contribution is -2.35. The third-order valence-electron chi connectivity index (χ3n) is 3.75. The summed E-state index contributed by atoms with van der Waals surface area (Å²) in [7, 11) is -3.71. The molecule has 2 aromatic heterocycles. The first-order chi connectivity index (χ1) is 11.0. The maximum atomic E-state index is 13.0. The highest BCUT2D eigenvalue weighted by Gasteiger charge is 2.39. The number of hydrogen-bond acceptors (Lipinski definition) is 5. The van der Waals surface area contributed by atoms with Crippen LogP contribution < -0.4 is 0 Å². The molecule has 0 amide bonds. The summed E-state index contributed by atoms with van der Waals surface area (Å²) in [6, 6.07) is 5.27. The minimum Gasteiger partial charge on any atom is -0.466 e. The number of pyridine rings is 1. The van der Waals surface area contributed by atoms with E-state index in [1.807, 2.05) is 0 Å². The summed E-state index contributed by atoms with van der Waals surface area (Å²) in [5, 5.41) is 0.129. The molecule has 0 atom stereocenters. The zero-order valence-electron chi connectivity index (χ0n) is 12.9. The van der Waals surface area contributed by atoms with E-state index < -0.39 is 10.0 Å². The zero-order chi connectivity index (χ0) is 16.4. The Morgan fingerprint density at radius 3 is 2.91 bits per heavy atom. The number of hydrogen-bond donors (Lipinski definition) is 0. The Morgan fingerprint density at radius 1 is 1.43 bits per heavy atom. The number of fused-ring (bicyclic) bond motifs is 1. The van der Waals surface area contributed by atoms with E-state index in [0.717, 1.165) is 12.8 Å². The Kier molecular flexibility index (Phi) is 4.36. The Bertz CT molecular complexity index is 811. The van der Waals surface area contributed by atoms with Gasteiger partial charge >= 0.3 is 5.97 Å². The number of esters is 1. The Labute approximate surface area is 134 Å². The number of imidazole rings is 1. The van der Waals surface area contributed by atoms with Crippen LogP contribution in [0.5, 0.6) is 0 Å². The van der Waals surface area contributed by atoms with Gasteiger partial charge in [-0.05, 0) is 31.9 Å². The topological polar surface area (TPSA) is 81.0 Å². The van der Waals surface area contributed by atoms with E-state index in [9.17, 15) is 13.2 Å². The third kappa shape index (κ3) is 3.23. The smallest absolute Gasteiger partial charge is 0.307 e. The summed E-state index contributed by atoms with van der Waals surface area (Å²) in [5.74, 6) is -0.383. The first kappa shape index (κ1) is 15.9. The highest BCUT2D eigenvalue weighted by Crippen LogP contribution is 2.32. The SMILES string of the molecule is CCOC(=O)CCN(C1CC1)S(=O)(=O)c1cnc2ccccn12. The van der Waals surface area contributed by atoms with Crippen LogP contribution in [0.1, 0.15) is 26.2 Å². The van der Waals surface area contributed by atoms with E-state index in [4.69, 9.17) is 4.74 Å². The molecule has 7 nitrogen and oxygen atoms in total. The summed E-state index contributed by atoms with van der Waals surface area (Å²) < 4.78 is 33.8. The molecule has 1 aliphatic carbocycles. The number of rotatable bonds is 7. The van der Waals surface area contributed by atoms with Crippen molar-refractivity contribution in [1.29, 1.82) is 0 Å². The van der Waals surface area contributed by atoms with Crippen molar-refractivity contribution in [2.45, 2.75) is 37.3 Å². The van der Waals surface area contributed by atoms with Gasteiger partial charge in [0.05, 0.1) is 19.2 Å². The van der Waals surface area contributed by atoms with E-state index in [1.165, 1.54) is 10.5 Å². The molecular formula is C15H19N3O4S. The molecule has 0 saturated heterocycles. The van der Waals surface area contributed by atoms with Gasteiger partial charge in [0.1, 0.15) is 5.65 Å². The molecule has 0 bridgehead atoms. The van der Waals surface area contributed by atoms with Crippen LogP contribution in [0.3, 0.4) is 0 Å². The van der Waals surface area contributed by atoms with Gasteiger partial charge in [-0.25, -0.2) is 13.4 Å². The molecule has 23 heavy (non-hydrogen) atoms. The molecule has 3 rings (SSSR count). The summed E-state index contributed by atoms with van der Waals surface area (Å²) >= 11 is 0. The molecule has 8 heteroatoms. The third-order valence-corrected chi connectivity index (χ3v) is 5.68. The molecule has 0 N–H and O–H groups in total. The number of carbonyl (C=O) groups excluding carboxylic acids is 1. The Morgan fingerprint density at radius 2 is 2.22 bits per heavy atom. The van der Waals surface area contributed by atoms with Gasteiger partial charge in [0.2, 0.25) is 0 Å². The highest BCUT2D eigenvalue weighted by atomic mass is 32.2. The molecule has 2 heterocycles. The predicted octanol–water partition coefficient (Wildman–Crippen LogP) is 1.44. The Balaban J connectivity index is 1.87. The molecule has 0 spiro atoms. The maximum absolute atomic E-state index is 13.0. The second-order valence-corrected chi connectivity index (χ2v) is 7.26. The number of nitrogens with zero attached hydrogens (tertiary/aromatic N) is 3. The molecule has 1 aliphatic rings. The van der Waals surface area contributed by atoms with Gasteiger partial charge in [-0.3, -0.25) is 9.20 Å². The first-order valence-electron chi connectivity index (χ1n) is 7.63. The van der Waals surface area contributed by atoms with Crippen molar-refractivity contribution in [3.05, 3.63) is 30.6 Å². The van der Waals surface area contributed by atoms with Crippen LogP contribution in [0.15, 0.2) is 35.6 Å². The fourth-order valence-corrected chi connectivity index (χ4v) is 4.28. The number of carbonyl (C=O) groups is 1. The van der Waals surface area contributed by atoms with Gasteiger partial charge in [0, 0.05) is 18.8 Å². The fraction of sp³-hybridized carbons (Fsp3) is 0.467. The molecule has 124 valence electrons. The molecule has 1 saturated carbocycles. The second kappa shape index (κ2) is 6.29. The van der Waals surface area contributed by atoms with Gasteiger partial charge in [0.15, 0.2) is 5.03 Å². The first-order valence-corrected chi connectivity index (χ1v) is 9.07. The maximum Gasteiger partial charge on any atom is 0.307 e. The lowest BCUT2D eigenvalue weighted by Gasteiger charge is -2.21. The van der Waals surface area contributed by atoms with Gasteiger partial charge in [-0.1, -0.05) is 6.07 Å². The van der Waals surface area contributed by atoms with Crippen molar-refractivity contribution < 1.29 is 17.9 Å². The average Bonchev–Trinajstić information content (AvgIpc) is 3.25. The van der Waals surface area contributed by atoms with Crippen molar-refractivity contribution in [2.75, 3.05) is 13.2 Å². The van der Waals surface area contributed by atoms with E-state index in [2.05, 4.69) is 4.98 Å². The molecule has 0 aromatic carbocycles. The van der Waals surface area contributed by atoms with Crippen molar-refractivity contribution in [1.82, 2.24) is 13.7 Å². The van der Waals surface area contributed by atoms with Crippen LogP contribution in [0.2, 0.25) is 0 Å². The van der Waals surface area contributed by atoms with Crippen LogP contribution in [-0.4, -0.2) is 47.3 Å². The normalized spacial score (nSPS) is 15.2. The van der Waals surface area contributed by atoms with E-state index in [1.54, 1.807) is 35.7 Å². The minimum absolute atomic E-state index is 0.0383. The van der Waals surface area contributed by atoms with Gasteiger partial charge in [-0.15, -0.1) is 0 Å². The summed E-state index contributed by atoms with van der Waals surface area (Å²) in [6.07, 6.45) is 4.73. The summed E-state index contributed by atoms with van der Waals surface area (Å²) in [5.41, 5.74) is 0.576. The minimum atomic E-state index is -3.71. The molecular weight excluding hydrogens is 318 g/mol. The monoisotopic (exact) mass is 337 g/mol. The van der Waals surface area contributed by atoms with E-state index in [-0.39, 0.29) is 30.0 Å². The molecule has 2 aromatic rings. The highest BCUT2D eigenvalue weighted by molar-refractivity contribution is 7.89. The lowest BCUT2D eigenvalue weighted by atomic mass is 10.4. The van der Waals surface area contributed by atoms with Crippen LogP contribution in [0.4, 0.5) is 0 Å². The van der Waals surface area contributed by atoms with Crippen LogP contribution in [0, 0.1) is 0 Å². The van der Waals surface area contributed by atoms with Gasteiger partial charge < -0.3 is 4.74 Å². The standard InChI is InChI=1S/C15H19N3O4S/c1-2-22-15(19)8-10-18(12-6-7-12)23(20,21)14-11-16-13-5-3-4-9-17(13)14/h3-5,9,11-12H,2,6-8,10H2,1H3. The molecule has 0 radical (unpaired) electrons. The van der Waals surface area contributed by atoms with Crippen LogP contribution in [-0.2, 0) is 19.6 Å². The zero-order valence-corrected chi connectivity index (χ0v) is 13.7. The van der Waals surface area contributed by atoms with E-state index >= 15 is 0 Å². The Hall–Kier alpha value is -1.93. The quantitative estimate of drug-likeness (QED) is 0.714. The number of aromatic nitrogens is 2. The van der Waals surface area contributed by atoms with Crippen molar-refractivity contribution in [3.63, 3.8) is 0 Å². The molecule has 1 fully saturated rings. The molecule has 0 unspecified atom stereocenters.